The van der Waals surface area contributed by atoms with Gasteiger partial charge in [-0.15, -0.1) is 0 Å². The molecule has 110 valence electrons. The first-order chi connectivity index (χ1) is 9.59. The smallest absolute Gasteiger partial charge is 0.128 e. The molecule has 5 heteroatoms. The van der Waals surface area contributed by atoms with Crippen LogP contribution in [0.5, 0.6) is 11.5 Å². The highest BCUT2D eigenvalue weighted by Gasteiger charge is 2.50. The lowest BCUT2D eigenvalue weighted by molar-refractivity contribution is 0.0140. The molecule has 3 rings (SSSR count). The lowest BCUT2D eigenvalue weighted by atomic mass is 9.84. The van der Waals surface area contributed by atoms with Crippen molar-refractivity contribution in [2.75, 3.05) is 14.2 Å². The number of hydrogen-bond donors (Lipinski definition) is 1. The van der Waals surface area contributed by atoms with E-state index in [9.17, 15) is 9.32 Å². The molecule has 1 aromatic carbocycles. The topological polar surface area (TPSA) is 55.8 Å². The molecular weight excluding hydrogens is 276 g/mol. The zero-order chi connectivity index (χ0) is 14.3. The largest absolute Gasteiger partial charge is 0.496 e. The summed E-state index contributed by atoms with van der Waals surface area (Å²) >= 11 is 0. The van der Waals surface area contributed by atoms with E-state index in [1.165, 1.54) is 0 Å². The van der Waals surface area contributed by atoms with E-state index in [2.05, 4.69) is 0 Å². The summed E-state index contributed by atoms with van der Waals surface area (Å²) in [4.78, 5) is 0. The molecule has 0 radical (unpaired) electrons. The lowest BCUT2D eigenvalue weighted by Gasteiger charge is -2.37. The van der Waals surface area contributed by atoms with E-state index in [0.717, 1.165) is 12.8 Å². The summed E-state index contributed by atoms with van der Waals surface area (Å²) in [5, 5.41) is 11.4. The van der Waals surface area contributed by atoms with E-state index in [-0.39, 0.29) is 10.5 Å². The maximum Gasteiger partial charge on any atom is 0.128 e. The van der Waals surface area contributed by atoms with Crippen molar-refractivity contribution in [3.05, 3.63) is 23.8 Å². The Morgan fingerprint density at radius 3 is 2.10 bits per heavy atom. The molecule has 1 aromatic rings. The molecule has 0 saturated carbocycles. The summed E-state index contributed by atoms with van der Waals surface area (Å²) in [7, 11) is 2.39. The van der Waals surface area contributed by atoms with Gasteiger partial charge in [0, 0.05) is 21.3 Å². The van der Waals surface area contributed by atoms with Crippen molar-refractivity contribution in [3.8, 4) is 11.5 Å². The molecule has 2 fully saturated rings. The van der Waals surface area contributed by atoms with Gasteiger partial charge in [-0.3, -0.25) is 4.21 Å². The average molecular weight is 296 g/mol. The summed E-state index contributed by atoms with van der Waals surface area (Å²) < 4.78 is 23.0. The van der Waals surface area contributed by atoms with Gasteiger partial charge in [-0.1, -0.05) is 6.07 Å². The zero-order valence-corrected chi connectivity index (χ0v) is 12.6. The maximum absolute atomic E-state index is 12.2. The molecule has 2 aliphatic heterocycles. The zero-order valence-electron chi connectivity index (χ0n) is 11.8. The number of hydrogen-bond acceptors (Lipinski definition) is 4. The fourth-order valence-electron chi connectivity index (χ4n) is 3.60. The van der Waals surface area contributed by atoms with Crippen LogP contribution in [0, 0.1) is 0 Å². The monoisotopic (exact) mass is 296 g/mol. The van der Waals surface area contributed by atoms with E-state index >= 15 is 0 Å². The second-order valence-corrected chi connectivity index (χ2v) is 7.62. The van der Waals surface area contributed by atoms with Gasteiger partial charge in [-0.05, 0) is 37.8 Å². The van der Waals surface area contributed by atoms with Crippen molar-refractivity contribution in [1.29, 1.82) is 0 Å². The Morgan fingerprint density at radius 2 is 1.65 bits per heavy atom. The third-order valence-electron chi connectivity index (χ3n) is 4.49. The molecular formula is C15H20O4S. The van der Waals surface area contributed by atoms with Crippen LogP contribution in [0.3, 0.4) is 0 Å². The number of rotatable bonds is 3. The van der Waals surface area contributed by atoms with Crippen LogP contribution in [0.1, 0.15) is 31.2 Å². The van der Waals surface area contributed by atoms with Gasteiger partial charge in [-0.25, -0.2) is 0 Å². The van der Waals surface area contributed by atoms with E-state index in [0.29, 0.717) is 29.9 Å². The van der Waals surface area contributed by atoms with Crippen LogP contribution in [0.15, 0.2) is 18.2 Å². The molecule has 0 spiro atoms. The van der Waals surface area contributed by atoms with Gasteiger partial charge in [-0.2, -0.15) is 0 Å². The number of aliphatic hydroxyl groups is 1. The van der Waals surface area contributed by atoms with Crippen molar-refractivity contribution in [2.45, 2.75) is 41.8 Å². The van der Waals surface area contributed by atoms with Gasteiger partial charge in [0.05, 0.1) is 25.4 Å². The third-order valence-corrected chi connectivity index (χ3v) is 6.61. The van der Waals surface area contributed by atoms with Gasteiger partial charge in [0.1, 0.15) is 11.5 Å². The van der Waals surface area contributed by atoms with E-state index in [1.54, 1.807) is 14.2 Å². The molecule has 2 bridgehead atoms. The Morgan fingerprint density at radius 1 is 1.15 bits per heavy atom. The van der Waals surface area contributed by atoms with Crippen LogP contribution in [-0.2, 0) is 16.4 Å². The van der Waals surface area contributed by atoms with Crippen LogP contribution >= 0.6 is 0 Å². The van der Waals surface area contributed by atoms with Crippen molar-refractivity contribution in [3.63, 3.8) is 0 Å². The van der Waals surface area contributed by atoms with Crippen molar-refractivity contribution in [1.82, 2.24) is 0 Å². The molecule has 2 heterocycles. The summed E-state index contributed by atoms with van der Waals surface area (Å²) in [6.45, 7) is 0. The highest BCUT2D eigenvalue weighted by atomic mass is 32.2. The number of benzene rings is 1. The fourth-order valence-corrected chi connectivity index (χ4v) is 5.76. The minimum atomic E-state index is -1.00. The van der Waals surface area contributed by atoms with Crippen LogP contribution in [-0.4, -0.2) is 34.0 Å². The first-order valence-electron chi connectivity index (χ1n) is 6.92. The Bertz CT molecular complexity index is 504. The maximum atomic E-state index is 12.2. The summed E-state index contributed by atoms with van der Waals surface area (Å²) in [5.41, 5.74) is -0.295. The number of methoxy groups -OCH3 is 2. The summed E-state index contributed by atoms with van der Waals surface area (Å²) in [6.07, 6.45) is 2.92. The molecule has 20 heavy (non-hydrogen) atoms. The molecule has 0 amide bonds. The molecule has 1 N–H and O–H groups in total. The molecule has 4 nitrogen and oxygen atoms in total. The average Bonchev–Trinajstić information content (AvgIpc) is 2.69. The van der Waals surface area contributed by atoms with Crippen LogP contribution < -0.4 is 9.47 Å². The minimum absolute atomic E-state index is 0.0911. The highest BCUT2D eigenvalue weighted by Crippen LogP contribution is 2.50. The van der Waals surface area contributed by atoms with Crippen molar-refractivity contribution in [2.24, 2.45) is 0 Å². The quantitative estimate of drug-likeness (QED) is 0.926. The summed E-state index contributed by atoms with van der Waals surface area (Å²) in [5.74, 6) is 1.28. The normalized spacial score (nSPS) is 35.9. The lowest BCUT2D eigenvalue weighted by Crippen LogP contribution is -2.40. The molecule has 0 aromatic heterocycles. The Kier molecular flexibility index (Phi) is 3.50. The molecule has 2 saturated heterocycles. The highest BCUT2D eigenvalue weighted by molar-refractivity contribution is 7.86. The van der Waals surface area contributed by atoms with E-state index in [4.69, 9.17) is 9.47 Å². The number of fused-ring (bicyclic) bond motifs is 2. The molecule has 2 aliphatic rings. The van der Waals surface area contributed by atoms with Gasteiger partial charge in [0.25, 0.3) is 0 Å². The molecule has 2 atom stereocenters. The molecule has 0 aliphatic carbocycles. The van der Waals surface area contributed by atoms with Gasteiger partial charge < -0.3 is 14.6 Å². The standard InChI is InChI=1S/C15H20O4S/c1-18-12-4-3-5-13(19-2)14(12)15(16)8-10-6-7-11(9-15)20(10)17/h3-5,10-11,16H,6-9H2,1-2H3. The van der Waals surface area contributed by atoms with Gasteiger partial charge in [0.2, 0.25) is 0 Å². The van der Waals surface area contributed by atoms with Crippen molar-refractivity contribution >= 4 is 10.8 Å². The molecule has 2 unspecified atom stereocenters. The Labute approximate surface area is 121 Å². The minimum Gasteiger partial charge on any atom is -0.496 e. The predicted molar refractivity (Wildman–Crippen MR) is 77.6 cm³/mol. The Hall–Kier alpha value is -1.07. The SMILES string of the molecule is COc1cccc(OC)c1C1(O)CC2CCC(C1)S2=O. The van der Waals surface area contributed by atoms with Crippen LogP contribution in [0.2, 0.25) is 0 Å². The van der Waals surface area contributed by atoms with Crippen molar-refractivity contribution < 1.29 is 18.8 Å². The van der Waals surface area contributed by atoms with Crippen LogP contribution in [0.25, 0.3) is 0 Å². The summed E-state index contributed by atoms with van der Waals surface area (Å²) in [6, 6.07) is 5.52. The number of ether oxygens (including phenoxy) is 2. The van der Waals surface area contributed by atoms with E-state index < -0.39 is 16.4 Å². The first kappa shape index (κ1) is 13.9. The Balaban J connectivity index is 2.06. The van der Waals surface area contributed by atoms with Gasteiger partial charge in [0.15, 0.2) is 0 Å². The second-order valence-electron chi connectivity index (χ2n) is 5.63. The fraction of sp³-hybridized carbons (Fsp3) is 0.600. The van der Waals surface area contributed by atoms with Gasteiger partial charge >= 0.3 is 0 Å². The predicted octanol–water partition coefficient (Wildman–Crippen LogP) is 1.96. The van der Waals surface area contributed by atoms with Crippen LogP contribution in [0.4, 0.5) is 0 Å². The third kappa shape index (κ3) is 2.04. The second kappa shape index (κ2) is 5.04. The van der Waals surface area contributed by atoms with E-state index in [1.807, 2.05) is 18.2 Å². The first-order valence-corrected chi connectivity index (χ1v) is 8.20.